The molecule has 0 radical (unpaired) electrons. The first-order valence-electron chi connectivity index (χ1n) is 9.14. The zero-order valence-corrected chi connectivity index (χ0v) is 18.8. The van der Waals surface area contributed by atoms with Crippen LogP contribution in [0, 0.1) is 20.8 Å². The second-order valence-electron chi connectivity index (χ2n) is 6.69. The van der Waals surface area contributed by atoms with Crippen molar-refractivity contribution in [1.29, 1.82) is 0 Å². The number of aromatic nitrogens is 1. The van der Waals surface area contributed by atoms with Crippen LogP contribution in [0.2, 0.25) is 0 Å². The molecule has 0 bridgehead atoms. The largest absolute Gasteiger partial charge is 0.370 e. The van der Waals surface area contributed by atoms with Gasteiger partial charge in [-0.2, -0.15) is 0 Å². The zero-order valence-electron chi connectivity index (χ0n) is 16.5. The van der Waals surface area contributed by atoms with E-state index in [0.717, 1.165) is 43.5 Å². The molecule has 148 valence electrons. The highest BCUT2D eigenvalue weighted by Crippen LogP contribution is 2.25. The monoisotopic (exact) mass is 484 g/mol. The topological polar surface area (TPSA) is 62.9 Å². The molecule has 0 amide bonds. The number of guanidine groups is 1. The number of aryl methyl sites for hydroxylation is 3. The minimum atomic E-state index is 0. The minimum Gasteiger partial charge on any atom is -0.370 e. The average molecular weight is 484 g/mol. The fraction of sp³-hybridized carbons (Fsp3) is 0.500. The molecule has 6 nitrogen and oxygen atoms in total. The van der Waals surface area contributed by atoms with Crippen LogP contribution in [0.5, 0.6) is 0 Å². The third-order valence-corrected chi connectivity index (χ3v) is 4.95. The Bertz CT molecular complexity index is 756. The van der Waals surface area contributed by atoms with Crippen LogP contribution >= 0.6 is 24.0 Å². The molecule has 1 aliphatic heterocycles. The summed E-state index contributed by atoms with van der Waals surface area (Å²) in [5.41, 5.74) is 4.65. The molecule has 1 saturated heterocycles. The second kappa shape index (κ2) is 10.1. The van der Waals surface area contributed by atoms with Crippen LogP contribution in [0.4, 0.5) is 0 Å². The SMILES string of the molecule is CN=C(NCCc1c(C)noc1C)N1CCOC(c2ccccc2C)C1.I. The molecule has 1 aromatic carbocycles. The van der Waals surface area contributed by atoms with Crippen molar-refractivity contribution >= 4 is 29.9 Å². The lowest BCUT2D eigenvalue weighted by molar-refractivity contribution is -0.00829. The number of hydrogen-bond acceptors (Lipinski definition) is 4. The Morgan fingerprint density at radius 1 is 1.30 bits per heavy atom. The van der Waals surface area contributed by atoms with E-state index < -0.39 is 0 Å². The standard InChI is InChI=1S/C20H28N4O2.HI/c1-14-7-5-6-8-17(14)19-13-24(11-12-25-19)20(21-4)22-10-9-18-15(2)23-26-16(18)3;/h5-8,19H,9-13H2,1-4H3,(H,21,22);1H. The Hall–Kier alpha value is -1.61. The van der Waals surface area contributed by atoms with Gasteiger partial charge in [-0.05, 0) is 38.3 Å². The number of aliphatic imine (C=N–C) groups is 1. The normalized spacial score (nSPS) is 17.6. The van der Waals surface area contributed by atoms with Gasteiger partial charge in [0.15, 0.2) is 5.96 Å². The van der Waals surface area contributed by atoms with Crippen LogP contribution in [-0.4, -0.2) is 49.3 Å². The van der Waals surface area contributed by atoms with E-state index in [9.17, 15) is 0 Å². The van der Waals surface area contributed by atoms with Gasteiger partial charge in [0, 0.05) is 25.7 Å². The van der Waals surface area contributed by atoms with Crippen molar-refractivity contribution in [2.45, 2.75) is 33.3 Å². The van der Waals surface area contributed by atoms with E-state index >= 15 is 0 Å². The van der Waals surface area contributed by atoms with Crippen molar-refractivity contribution in [1.82, 2.24) is 15.4 Å². The minimum absolute atomic E-state index is 0. The maximum absolute atomic E-state index is 6.02. The summed E-state index contributed by atoms with van der Waals surface area (Å²) in [4.78, 5) is 6.73. The molecular weight excluding hydrogens is 455 g/mol. The molecule has 2 aromatic rings. The Labute approximate surface area is 178 Å². The Morgan fingerprint density at radius 3 is 2.74 bits per heavy atom. The van der Waals surface area contributed by atoms with Crippen molar-refractivity contribution in [2.75, 3.05) is 33.3 Å². The predicted octanol–water partition coefficient (Wildman–Crippen LogP) is 3.41. The van der Waals surface area contributed by atoms with Gasteiger partial charge in [0.05, 0.1) is 18.8 Å². The zero-order chi connectivity index (χ0) is 18.5. The van der Waals surface area contributed by atoms with Crippen LogP contribution in [-0.2, 0) is 11.2 Å². The molecule has 3 rings (SSSR count). The van der Waals surface area contributed by atoms with E-state index in [0.29, 0.717) is 6.61 Å². The van der Waals surface area contributed by atoms with Crippen molar-refractivity contribution in [3.8, 4) is 0 Å². The number of benzene rings is 1. The van der Waals surface area contributed by atoms with Crippen molar-refractivity contribution in [3.63, 3.8) is 0 Å². The molecule has 0 saturated carbocycles. The van der Waals surface area contributed by atoms with Crippen molar-refractivity contribution in [3.05, 3.63) is 52.4 Å². The first-order chi connectivity index (χ1) is 12.6. The Kier molecular flexibility index (Phi) is 8.09. The molecule has 1 atom stereocenters. The van der Waals surface area contributed by atoms with Gasteiger partial charge >= 0.3 is 0 Å². The quantitative estimate of drug-likeness (QED) is 0.410. The Morgan fingerprint density at radius 2 is 2.07 bits per heavy atom. The van der Waals surface area contributed by atoms with E-state index in [2.05, 4.69) is 51.6 Å². The molecule has 1 aromatic heterocycles. The lowest BCUT2D eigenvalue weighted by Crippen LogP contribution is -2.48. The molecule has 7 heteroatoms. The molecule has 1 N–H and O–H groups in total. The van der Waals surface area contributed by atoms with Crippen LogP contribution in [0.1, 0.15) is 34.2 Å². The van der Waals surface area contributed by atoms with Crippen molar-refractivity contribution < 1.29 is 9.26 Å². The fourth-order valence-electron chi connectivity index (χ4n) is 3.47. The first-order valence-corrected chi connectivity index (χ1v) is 9.14. The van der Waals surface area contributed by atoms with E-state index in [1.807, 2.05) is 20.9 Å². The average Bonchev–Trinajstić information content (AvgIpc) is 2.97. The van der Waals surface area contributed by atoms with E-state index in [1.165, 1.54) is 16.7 Å². The summed E-state index contributed by atoms with van der Waals surface area (Å²) in [5.74, 6) is 1.81. The number of ether oxygens (including phenoxy) is 1. The number of morpholine rings is 1. The van der Waals surface area contributed by atoms with Crippen LogP contribution in [0.25, 0.3) is 0 Å². The van der Waals surface area contributed by atoms with Crippen molar-refractivity contribution in [2.24, 2.45) is 4.99 Å². The van der Waals surface area contributed by atoms with Gasteiger partial charge in [0.25, 0.3) is 0 Å². The smallest absolute Gasteiger partial charge is 0.193 e. The van der Waals surface area contributed by atoms with Crippen LogP contribution in [0.3, 0.4) is 0 Å². The summed E-state index contributed by atoms with van der Waals surface area (Å²) >= 11 is 0. The lowest BCUT2D eigenvalue weighted by Gasteiger charge is -2.35. The van der Waals surface area contributed by atoms with Gasteiger partial charge in [-0.15, -0.1) is 24.0 Å². The third-order valence-electron chi connectivity index (χ3n) is 4.95. The first kappa shape index (κ1) is 21.7. The number of hydrogen-bond donors (Lipinski definition) is 1. The van der Waals surface area contributed by atoms with E-state index in [4.69, 9.17) is 9.26 Å². The maximum Gasteiger partial charge on any atom is 0.193 e. The summed E-state index contributed by atoms with van der Waals surface area (Å²) in [7, 11) is 1.83. The third kappa shape index (κ3) is 5.22. The highest BCUT2D eigenvalue weighted by Gasteiger charge is 2.25. The highest BCUT2D eigenvalue weighted by atomic mass is 127. The number of halogens is 1. The maximum atomic E-state index is 6.02. The number of rotatable bonds is 4. The van der Waals surface area contributed by atoms with Crippen LogP contribution < -0.4 is 5.32 Å². The summed E-state index contributed by atoms with van der Waals surface area (Å²) in [6, 6.07) is 8.42. The summed E-state index contributed by atoms with van der Waals surface area (Å²) < 4.78 is 11.3. The molecule has 2 heterocycles. The lowest BCUT2D eigenvalue weighted by atomic mass is 10.0. The van der Waals surface area contributed by atoms with Gasteiger partial charge in [0.2, 0.25) is 0 Å². The van der Waals surface area contributed by atoms with Gasteiger partial charge in [0.1, 0.15) is 11.9 Å². The van der Waals surface area contributed by atoms with E-state index in [-0.39, 0.29) is 30.1 Å². The van der Waals surface area contributed by atoms with Gasteiger partial charge in [-0.25, -0.2) is 0 Å². The molecular formula is C20H29IN4O2. The molecule has 0 aliphatic carbocycles. The second-order valence-corrected chi connectivity index (χ2v) is 6.69. The summed E-state index contributed by atoms with van der Waals surface area (Å²) in [6.07, 6.45) is 0.942. The fourth-order valence-corrected chi connectivity index (χ4v) is 3.47. The molecule has 1 fully saturated rings. The molecule has 1 unspecified atom stereocenters. The molecule has 0 spiro atoms. The Balaban J connectivity index is 0.00000261. The highest BCUT2D eigenvalue weighted by molar-refractivity contribution is 14.0. The molecule has 1 aliphatic rings. The van der Waals surface area contributed by atoms with Gasteiger partial charge in [-0.3, -0.25) is 4.99 Å². The van der Waals surface area contributed by atoms with Gasteiger partial charge in [-0.1, -0.05) is 29.4 Å². The predicted molar refractivity (Wildman–Crippen MR) is 118 cm³/mol. The number of nitrogens with zero attached hydrogens (tertiary/aromatic N) is 3. The number of nitrogens with one attached hydrogen (secondary N) is 1. The van der Waals surface area contributed by atoms with Gasteiger partial charge < -0.3 is 19.5 Å². The molecule has 27 heavy (non-hydrogen) atoms. The van der Waals surface area contributed by atoms with Crippen LogP contribution in [0.15, 0.2) is 33.8 Å². The summed E-state index contributed by atoms with van der Waals surface area (Å²) in [5, 5.41) is 7.49. The summed E-state index contributed by atoms with van der Waals surface area (Å²) in [6.45, 7) is 9.21. The van der Waals surface area contributed by atoms with E-state index in [1.54, 1.807) is 0 Å².